The minimum Gasteiger partial charge on any atom is -0.466 e. The molecule has 0 bridgehead atoms. The Morgan fingerprint density at radius 3 is 2.19 bits per heavy atom. The van der Waals surface area contributed by atoms with Crippen LogP contribution in [0.1, 0.15) is 84.7 Å². The molecule has 9 nitrogen and oxygen atoms in total. The van der Waals surface area contributed by atoms with Crippen molar-refractivity contribution in [3.63, 3.8) is 0 Å². The van der Waals surface area contributed by atoms with E-state index in [9.17, 15) is 13.2 Å². The van der Waals surface area contributed by atoms with Gasteiger partial charge in [0.15, 0.2) is 21.5 Å². The summed E-state index contributed by atoms with van der Waals surface area (Å²) in [7, 11) is -4.79. The Labute approximate surface area is 419 Å². The molecule has 0 saturated carbocycles. The number of aryl methyl sites for hydroxylation is 1. The summed E-state index contributed by atoms with van der Waals surface area (Å²) in [6.45, 7) is 14.6. The first-order valence-corrected chi connectivity index (χ1v) is 28.6. The number of sulfone groups is 1. The van der Waals surface area contributed by atoms with Crippen LogP contribution in [-0.4, -0.2) is 67.2 Å². The lowest BCUT2D eigenvalue weighted by molar-refractivity contribution is -0.142. The van der Waals surface area contributed by atoms with E-state index in [1.54, 1.807) is 37.0 Å². The smallest absolute Gasteiger partial charge is 0.310 e. The second-order valence-corrected chi connectivity index (χ2v) is 28.1. The van der Waals surface area contributed by atoms with E-state index in [0.717, 1.165) is 26.9 Å². The number of aromatic amines is 1. The Morgan fingerprint density at radius 1 is 0.855 bits per heavy atom. The van der Waals surface area contributed by atoms with Gasteiger partial charge in [-0.3, -0.25) is 4.79 Å². The van der Waals surface area contributed by atoms with Gasteiger partial charge in [0.05, 0.1) is 40.4 Å². The maximum absolute atomic E-state index is 15.9. The highest BCUT2D eigenvalue weighted by atomic mass is 79.9. The summed E-state index contributed by atoms with van der Waals surface area (Å²) in [6.07, 6.45) is 3.49. The SMILES string of the molecule is CCOC(=O)Cc1cccc([C@@](C)(CCCC(C)(C)CS(=O)(=O)CCO[Si](c2ccccc2)(c2ccccc2)C(C)(C)C)c2nc(-c3cc(Sc4c(F)cc5[nH]ccc5c4Br)ccc3F)n(C)n2)c1. The summed E-state index contributed by atoms with van der Waals surface area (Å²) in [5, 5.41) is 7.64. The molecule has 7 aromatic rings. The monoisotopic (exact) mass is 1050 g/mol. The van der Waals surface area contributed by atoms with Gasteiger partial charge >= 0.3 is 5.97 Å². The van der Waals surface area contributed by atoms with Gasteiger partial charge < -0.3 is 14.1 Å². The van der Waals surface area contributed by atoms with E-state index in [1.165, 1.54) is 23.9 Å². The van der Waals surface area contributed by atoms with Crippen molar-refractivity contribution in [2.75, 3.05) is 24.7 Å². The van der Waals surface area contributed by atoms with Gasteiger partial charge in [0.2, 0.25) is 0 Å². The molecule has 15 heteroatoms. The molecule has 0 fully saturated rings. The maximum atomic E-state index is 15.9. The van der Waals surface area contributed by atoms with Crippen molar-refractivity contribution in [1.82, 2.24) is 19.7 Å². The molecule has 0 aliphatic carbocycles. The van der Waals surface area contributed by atoms with E-state index in [1.807, 2.05) is 87.5 Å². The average molecular weight is 1060 g/mol. The number of esters is 1. The molecule has 5 aromatic carbocycles. The number of aromatic nitrogens is 4. The molecule has 0 amide bonds. The summed E-state index contributed by atoms with van der Waals surface area (Å²) in [6, 6.07) is 36.0. The number of fused-ring (bicyclic) bond motifs is 1. The largest absolute Gasteiger partial charge is 0.466 e. The number of hydrogen-bond donors (Lipinski definition) is 1. The highest BCUT2D eigenvalue weighted by molar-refractivity contribution is 9.10. The van der Waals surface area contributed by atoms with Gasteiger partial charge in [0.25, 0.3) is 8.32 Å². The molecule has 364 valence electrons. The fraction of sp³-hybridized carbons (Fsp3) is 0.352. The van der Waals surface area contributed by atoms with Crippen molar-refractivity contribution in [2.45, 2.75) is 94.4 Å². The van der Waals surface area contributed by atoms with Crippen LogP contribution < -0.4 is 10.4 Å². The van der Waals surface area contributed by atoms with Crippen LogP contribution >= 0.6 is 27.7 Å². The quantitative estimate of drug-likeness (QED) is 0.0593. The van der Waals surface area contributed by atoms with Crippen molar-refractivity contribution in [2.24, 2.45) is 12.5 Å². The Kier molecular flexibility index (Phi) is 15.9. The Morgan fingerprint density at radius 2 is 1.54 bits per heavy atom. The lowest BCUT2D eigenvalue weighted by Crippen LogP contribution is -2.66. The fourth-order valence-corrected chi connectivity index (χ4v) is 17.7. The fourth-order valence-electron chi connectivity index (χ4n) is 9.45. The van der Waals surface area contributed by atoms with Crippen LogP contribution in [0.2, 0.25) is 5.04 Å². The molecule has 0 aliphatic heterocycles. The van der Waals surface area contributed by atoms with Crippen LogP contribution in [0.15, 0.2) is 136 Å². The van der Waals surface area contributed by atoms with Crippen molar-refractivity contribution in [3.05, 3.63) is 155 Å². The lowest BCUT2D eigenvalue weighted by atomic mass is 9.75. The predicted molar refractivity (Wildman–Crippen MR) is 280 cm³/mol. The van der Waals surface area contributed by atoms with E-state index in [-0.39, 0.29) is 53.5 Å². The van der Waals surface area contributed by atoms with Gasteiger partial charge in [-0.25, -0.2) is 26.9 Å². The van der Waals surface area contributed by atoms with E-state index < -0.39 is 40.6 Å². The summed E-state index contributed by atoms with van der Waals surface area (Å²) in [5.74, 6) is -0.709. The van der Waals surface area contributed by atoms with Gasteiger partial charge in [-0.05, 0) is 105 Å². The molecule has 0 radical (unpaired) electrons. The zero-order chi connectivity index (χ0) is 49.8. The number of halogens is 3. The Bertz CT molecular complexity index is 2990. The summed E-state index contributed by atoms with van der Waals surface area (Å²) >= 11 is 4.75. The Balaban J connectivity index is 1.13. The highest BCUT2D eigenvalue weighted by Gasteiger charge is 2.50. The molecule has 2 aromatic heterocycles. The van der Waals surface area contributed by atoms with E-state index in [2.05, 4.69) is 66.0 Å². The van der Waals surface area contributed by atoms with Crippen molar-refractivity contribution in [1.29, 1.82) is 0 Å². The van der Waals surface area contributed by atoms with Gasteiger partial charge in [0.1, 0.15) is 11.6 Å². The molecule has 1 atom stereocenters. The minimum absolute atomic E-state index is 0.0328. The lowest BCUT2D eigenvalue weighted by Gasteiger charge is -2.43. The number of H-pyrrole nitrogens is 1. The van der Waals surface area contributed by atoms with Crippen molar-refractivity contribution >= 4 is 73.1 Å². The molecule has 1 N–H and O–H groups in total. The third kappa shape index (κ3) is 11.7. The van der Waals surface area contributed by atoms with Crippen LogP contribution in [0, 0.1) is 17.0 Å². The first-order valence-electron chi connectivity index (χ1n) is 23.2. The number of hydrogen-bond acceptors (Lipinski definition) is 8. The summed E-state index contributed by atoms with van der Waals surface area (Å²) in [5.41, 5.74) is 0.995. The van der Waals surface area contributed by atoms with Gasteiger partial charge in [-0.15, -0.1) is 0 Å². The van der Waals surface area contributed by atoms with Crippen LogP contribution in [0.4, 0.5) is 8.78 Å². The normalized spacial score (nSPS) is 13.4. The van der Waals surface area contributed by atoms with Crippen LogP contribution in [0.25, 0.3) is 22.3 Å². The van der Waals surface area contributed by atoms with Crippen molar-refractivity contribution < 1.29 is 31.2 Å². The molecular weight excluding hydrogens is 995 g/mol. The molecule has 0 aliphatic rings. The number of benzene rings is 5. The maximum Gasteiger partial charge on any atom is 0.310 e. The molecule has 2 heterocycles. The second-order valence-electron chi connectivity index (χ2n) is 19.7. The average Bonchev–Trinajstić information content (AvgIpc) is 3.94. The third-order valence-electron chi connectivity index (χ3n) is 12.8. The van der Waals surface area contributed by atoms with Crippen molar-refractivity contribution in [3.8, 4) is 11.4 Å². The molecule has 0 unspecified atom stereocenters. The third-order valence-corrected chi connectivity index (χ3v) is 22.1. The molecular formula is C54H61BrF2N4O5S2Si. The van der Waals surface area contributed by atoms with Gasteiger partial charge in [-0.2, -0.15) is 5.10 Å². The van der Waals surface area contributed by atoms with Crippen LogP contribution in [-0.2, 0) is 42.7 Å². The Hall–Kier alpha value is -4.93. The van der Waals surface area contributed by atoms with E-state index >= 15 is 8.78 Å². The van der Waals surface area contributed by atoms with Gasteiger partial charge in [-0.1, -0.05) is 138 Å². The molecule has 7 rings (SSSR count). The number of ether oxygens (including phenoxy) is 1. The summed E-state index contributed by atoms with van der Waals surface area (Å²) < 4.78 is 73.8. The number of rotatable bonds is 20. The van der Waals surface area contributed by atoms with Gasteiger partial charge in [0, 0.05) is 40.1 Å². The molecule has 0 spiro atoms. The zero-order valence-electron chi connectivity index (χ0n) is 40.5. The predicted octanol–water partition coefficient (Wildman–Crippen LogP) is 11.8. The number of nitrogens with zero attached hydrogens (tertiary/aromatic N) is 3. The van der Waals surface area contributed by atoms with E-state index in [0.29, 0.717) is 44.9 Å². The summed E-state index contributed by atoms with van der Waals surface area (Å²) in [4.78, 5) is 21.7. The first-order chi connectivity index (χ1) is 32.7. The second kappa shape index (κ2) is 21.2. The van der Waals surface area contributed by atoms with Crippen LogP contribution in [0.5, 0.6) is 0 Å². The standard InChI is InChI=1S/C54H61BrF2N4O5S2Si/c1-9-65-47(62)33-37-18-16-19-38(32-37)54(7,51-59-50(61(8)60-51)43-34-39(24-25-44(43)56)67-49-45(57)35-46-42(48(49)55)26-29-58-46)28-17-27-53(5,6)36-68(63,64)31-30-66-69(52(2,3)4,40-20-12-10-13-21-40)41-22-14-11-15-23-41/h10-16,18-26,29,32,34-35,58H,9,17,27-28,30-31,33,36H2,1-8H3/t54-/m1/s1. The van der Waals surface area contributed by atoms with Crippen LogP contribution in [0.3, 0.4) is 0 Å². The molecule has 69 heavy (non-hydrogen) atoms. The number of nitrogens with one attached hydrogen (secondary N) is 1. The number of carbonyl (C=O) groups is 1. The van der Waals surface area contributed by atoms with E-state index in [4.69, 9.17) is 19.2 Å². The minimum atomic E-state index is -3.57. The topological polar surface area (TPSA) is 116 Å². The zero-order valence-corrected chi connectivity index (χ0v) is 44.8. The molecule has 0 saturated heterocycles. The number of carbonyl (C=O) groups excluding carboxylic acids is 1. The first kappa shape index (κ1) is 51.9. The highest BCUT2D eigenvalue weighted by Crippen LogP contribution is 2.43.